The van der Waals surface area contributed by atoms with Crippen LogP contribution in [0.2, 0.25) is 0 Å². The van der Waals surface area contributed by atoms with Gasteiger partial charge in [0.15, 0.2) is 6.29 Å². The molecule has 0 radical (unpaired) electrons. The molecule has 0 fully saturated rings. The van der Waals surface area contributed by atoms with Crippen LogP contribution in [0, 0.1) is 6.92 Å². The predicted octanol–water partition coefficient (Wildman–Crippen LogP) is 3.36. The molecule has 0 saturated heterocycles. The van der Waals surface area contributed by atoms with Crippen LogP contribution >= 0.6 is 0 Å². The van der Waals surface area contributed by atoms with E-state index in [0.29, 0.717) is 11.4 Å². The Hall–Kier alpha value is -2.95. The molecule has 5 heteroatoms. The first kappa shape index (κ1) is 15.9. The number of amides is 1. The molecule has 0 aliphatic heterocycles. The van der Waals surface area contributed by atoms with E-state index in [1.807, 2.05) is 41.8 Å². The molecule has 3 rings (SSSR count). The highest BCUT2D eigenvalue weighted by atomic mass is 16.2. The highest BCUT2D eigenvalue weighted by Crippen LogP contribution is 2.24. The van der Waals surface area contributed by atoms with Crippen LogP contribution in [-0.2, 0) is 17.8 Å². The Morgan fingerprint density at radius 1 is 1.29 bits per heavy atom. The first-order chi connectivity index (χ1) is 11.6. The van der Waals surface area contributed by atoms with Crippen molar-refractivity contribution in [3.05, 3.63) is 59.4 Å². The Morgan fingerprint density at radius 2 is 2.12 bits per heavy atom. The topological polar surface area (TPSA) is 64.0 Å². The van der Waals surface area contributed by atoms with Gasteiger partial charge in [0, 0.05) is 23.3 Å². The van der Waals surface area contributed by atoms with E-state index < -0.39 is 0 Å². The maximum Gasteiger partial charge on any atom is 0.245 e. The lowest BCUT2D eigenvalue weighted by Crippen LogP contribution is -2.19. The number of aldehydes is 1. The number of nitrogens with zero attached hydrogens (tertiary/aromatic N) is 2. The van der Waals surface area contributed by atoms with Crippen LogP contribution in [-0.4, -0.2) is 21.7 Å². The van der Waals surface area contributed by atoms with E-state index in [1.54, 1.807) is 12.4 Å². The lowest BCUT2D eigenvalue weighted by atomic mass is 10.1. The number of rotatable bonds is 5. The summed E-state index contributed by atoms with van der Waals surface area (Å²) in [6.07, 6.45) is 5.05. The van der Waals surface area contributed by atoms with Gasteiger partial charge in [-0.25, -0.2) is 4.98 Å². The minimum atomic E-state index is -0.169. The van der Waals surface area contributed by atoms with Crippen LogP contribution in [0.3, 0.4) is 0 Å². The molecule has 0 aliphatic carbocycles. The molecular formula is C19H19N3O2. The highest BCUT2D eigenvalue weighted by molar-refractivity contribution is 6.00. The quantitative estimate of drug-likeness (QED) is 0.733. The van der Waals surface area contributed by atoms with Gasteiger partial charge >= 0.3 is 0 Å². The predicted molar refractivity (Wildman–Crippen MR) is 94.3 cm³/mol. The van der Waals surface area contributed by atoms with Crippen molar-refractivity contribution in [3.63, 3.8) is 0 Å². The largest absolute Gasteiger partial charge is 0.337 e. The van der Waals surface area contributed by atoms with Gasteiger partial charge in [-0.1, -0.05) is 31.2 Å². The number of hydrogen-bond acceptors (Lipinski definition) is 3. The average molecular weight is 321 g/mol. The molecule has 122 valence electrons. The molecule has 0 aliphatic rings. The molecule has 0 saturated carbocycles. The summed E-state index contributed by atoms with van der Waals surface area (Å²) in [6, 6.07) is 9.60. The normalized spacial score (nSPS) is 10.8. The third kappa shape index (κ3) is 2.93. The molecule has 1 N–H and O–H groups in total. The fourth-order valence-corrected chi connectivity index (χ4v) is 2.91. The number of fused-ring (bicyclic) bond motifs is 1. The SMILES string of the molecule is CCc1cccc2c(C=O)cn(CC(=O)Nc3ncccc3C)c12. The molecule has 0 bridgehead atoms. The van der Waals surface area contributed by atoms with E-state index in [4.69, 9.17) is 0 Å². The lowest BCUT2D eigenvalue weighted by molar-refractivity contribution is -0.116. The third-order valence-corrected chi connectivity index (χ3v) is 4.10. The summed E-state index contributed by atoms with van der Waals surface area (Å²) in [5, 5.41) is 3.71. The van der Waals surface area contributed by atoms with Crippen molar-refractivity contribution in [2.75, 3.05) is 5.32 Å². The number of nitrogens with one attached hydrogen (secondary N) is 1. The van der Waals surface area contributed by atoms with E-state index in [2.05, 4.69) is 17.2 Å². The number of aromatic nitrogens is 2. The van der Waals surface area contributed by atoms with Crippen LogP contribution in [0.15, 0.2) is 42.7 Å². The zero-order valence-electron chi connectivity index (χ0n) is 13.7. The summed E-state index contributed by atoms with van der Waals surface area (Å²) in [6.45, 7) is 4.09. The molecule has 0 atom stereocenters. The summed E-state index contributed by atoms with van der Waals surface area (Å²) < 4.78 is 1.84. The van der Waals surface area contributed by atoms with Crippen molar-refractivity contribution in [2.24, 2.45) is 0 Å². The minimum absolute atomic E-state index is 0.136. The van der Waals surface area contributed by atoms with E-state index in [-0.39, 0.29) is 12.5 Å². The minimum Gasteiger partial charge on any atom is -0.337 e. The lowest BCUT2D eigenvalue weighted by Gasteiger charge is -2.10. The zero-order valence-corrected chi connectivity index (χ0v) is 13.7. The Labute approximate surface area is 140 Å². The van der Waals surface area contributed by atoms with Crippen molar-refractivity contribution in [2.45, 2.75) is 26.8 Å². The molecule has 2 heterocycles. The number of hydrogen-bond donors (Lipinski definition) is 1. The number of benzene rings is 1. The molecular weight excluding hydrogens is 302 g/mol. The summed E-state index contributed by atoms with van der Waals surface area (Å²) in [7, 11) is 0. The molecule has 5 nitrogen and oxygen atoms in total. The Balaban J connectivity index is 1.94. The fourth-order valence-electron chi connectivity index (χ4n) is 2.91. The second-order valence-electron chi connectivity index (χ2n) is 5.71. The molecule has 0 spiro atoms. The van der Waals surface area contributed by atoms with Crippen LogP contribution < -0.4 is 5.32 Å². The number of aryl methyl sites for hydroxylation is 2. The van der Waals surface area contributed by atoms with Gasteiger partial charge in [-0.2, -0.15) is 0 Å². The highest BCUT2D eigenvalue weighted by Gasteiger charge is 2.14. The maximum absolute atomic E-state index is 12.4. The van der Waals surface area contributed by atoms with Crippen molar-refractivity contribution in [3.8, 4) is 0 Å². The Kier molecular flexibility index (Phi) is 4.42. The monoisotopic (exact) mass is 321 g/mol. The fraction of sp³-hybridized carbons (Fsp3) is 0.211. The molecule has 1 aromatic carbocycles. The number of carbonyl (C=O) groups excluding carboxylic acids is 2. The van der Waals surface area contributed by atoms with Crippen LogP contribution in [0.1, 0.15) is 28.4 Å². The van der Waals surface area contributed by atoms with Crippen molar-refractivity contribution in [1.82, 2.24) is 9.55 Å². The van der Waals surface area contributed by atoms with E-state index in [9.17, 15) is 9.59 Å². The molecule has 3 aromatic rings. The molecule has 24 heavy (non-hydrogen) atoms. The number of pyridine rings is 1. The van der Waals surface area contributed by atoms with Gasteiger partial charge in [0.2, 0.25) is 5.91 Å². The van der Waals surface area contributed by atoms with Crippen LogP contribution in [0.4, 0.5) is 5.82 Å². The van der Waals surface area contributed by atoms with Crippen LogP contribution in [0.5, 0.6) is 0 Å². The second-order valence-corrected chi connectivity index (χ2v) is 5.71. The van der Waals surface area contributed by atoms with E-state index in [1.165, 1.54) is 0 Å². The van der Waals surface area contributed by atoms with Crippen molar-refractivity contribution < 1.29 is 9.59 Å². The summed E-state index contributed by atoms with van der Waals surface area (Å²) in [4.78, 5) is 27.9. The van der Waals surface area contributed by atoms with Gasteiger partial charge in [-0.3, -0.25) is 9.59 Å². The third-order valence-electron chi connectivity index (χ3n) is 4.10. The molecule has 1 amide bonds. The van der Waals surface area contributed by atoms with Gasteiger partial charge in [0.05, 0.1) is 5.52 Å². The Morgan fingerprint density at radius 3 is 2.83 bits per heavy atom. The number of anilines is 1. The first-order valence-corrected chi connectivity index (χ1v) is 7.91. The average Bonchev–Trinajstić information content (AvgIpc) is 2.95. The smallest absolute Gasteiger partial charge is 0.245 e. The van der Waals surface area contributed by atoms with Gasteiger partial charge in [0.25, 0.3) is 0 Å². The Bertz CT molecular complexity index is 912. The first-order valence-electron chi connectivity index (χ1n) is 7.91. The standard InChI is InChI=1S/C19H19N3O2/c1-3-14-7-4-8-16-15(12-23)10-22(18(14)16)11-17(24)21-19-13(2)6-5-9-20-19/h4-10,12H,3,11H2,1-2H3,(H,20,21,24). The van der Waals surface area contributed by atoms with Crippen LogP contribution in [0.25, 0.3) is 10.9 Å². The summed E-state index contributed by atoms with van der Waals surface area (Å²) in [5.74, 6) is 0.391. The van der Waals surface area contributed by atoms with E-state index >= 15 is 0 Å². The molecule has 0 unspecified atom stereocenters. The maximum atomic E-state index is 12.4. The summed E-state index contributed by atoms with van der Waals surface area (Å²) >= 11 is 0. The van der Waals surface area contributed by atoms with Gasteiger partial charge in [0.1, 0.15) is 12.4 Å². The number of carbonyl (C=O) groups is 2. The zero-order chi connectivity index (χ0) is 17.1. The van der Waals surface area contributed by atoms with Crippen molar-refractivity contribution >= 4 is 28.9 Å². The summed E-state index contributed by atoms with van der Waals surface area (Å²) in [5.41, 5.74) is 3.56. The van der Waals surface area contributed by atoms with Crippen molar-refractivity contribution in [1.29, 1.82) is 0 Å². The van der Waals surface area contributed by atoms with Gasteiger partial charge in [-0.05, 0) is 30.5 Å². The van der Waals surface area contributed by atoms with E-state index in [0.717, 1.165) is 34.7 Å². The van der Waals surface area contributed by atoms with Gasteiger partial charge < -0.3 is 9.88 Å². The van der Waals surface area contributed by atoms with Gasteiger partial charge in [-0.15, -0.1) is 0 Å². The second kappa shape index (κ2) is 6.66. The molecule has 2 aromatic heterocycles. The number of para-hydroxylation sites is 1.